The molecule has 0 amide bonds. The van der Waals surface area contributed by atoms with E-state index in [0.29, 0.717) is 24.6 Å². The molecule has 1 saturated heterocycles. The zero-order valence-corrected chi connectivity index (χ0v) is 15.8. The van der Waals surface area contributed by atoms with E-state index in [1.165, 1.54) is 24.5 Å². The van der Waals surface area contributed by atoms with Gasteiger partial charge in [-0.3, -0.25) is 4.79 Å². The number of aromatic nitrogens is 2. The fourth-order valence-corrected chi connectivity index (χ4v) is 4.06. The van der Waals surface area contributed by atoms with Crippen LogP contribution in [0.15, 0.2) is 36.7 Å². The van der Waals surface area contributed by atoms with Gasteiger partial charge < -0.3 is 14.4 Å². The van der Waals surface area contributed by atoms with Crippen molar-refractivity contribution >= 4 is 16.5 Å². The van der Waals surface area contributed by atoms with Crippen molar-refractivity contribution < 1.29 is 27.4 Å². The Hall–Kier alpha value is -2.30. The highest BCUT2D eigenvalue weighted by molar-refractivity contribution is 7.89. The number of benzene rings is 1. The monoisotopic (exact) mass is 399 g/mol. The standard InChI is InChI=1S/C16H20FN3O3S.CH2O2/c1-19(2)24(21,22)11-12-9-23-10-15(12)20-8-7-18-16(20)13-5-3-4-6-14(13)17;2-1-3/h3-8,12,15H,9-11H2,1-2H3;1H,(H,2,3)/t12-,15+;/m0./s1. The van der Waals surface area contributed by atoms with Gasteiger partial charge in [0, 0.05) is 32.4 Å². The van der Waals surface area contributed by atoms with Crippen LogP contribution in [-0.4, -0.2) is 66.9 Å². The fraction of sp³-hybridized carbons (Fsp3) is 0.412. The van der Waals surface area contributed by atoms with Crippen LogP contribution < -0.4 is 0 Å². The predicted molar refractivity (Wildman–Crippen MR) is 97.1 cm³/mol. The lowest BCUT2D eigenvalue weighted by Crippen LogP contribution is -2.32. The van der Waals surface area contributed by atoms with Crippen LogP contribution in [-0.2, 0) is 19.6 Å². The third-order valence-corrected chi connectivity index (χ3v) is 6.25. The molecule has 1 N–H and O–H groups in total. The molecule has 0 aliphatic carbocycles. The van der Waals surface area contributed by atoms with Gasteiger partial charge in [0.25, 0.3) is 6.47 Å². The molecule has 1 aliphatic rings. The SMILES string of the molecule is CN(C)S(=O)(=O)C[C@@H]1COC[C@H]1n1ccnc1-c1ccccc1F.O=CO. The minimum absolute atomic E-state index is 0.0143. The summed E-state index contributed by atoms with van der Waals surface area (Å²) in [4.78, 5) is 12.6. The summed E-state index contributed by atoms with van der Waals surface area (Å²) in [5.74, 6) is -0.103. The number of nitrogens with zero attached hydrogens (tertiary/aromatic N) is 3. The summed E-state index contributed by atoms with van der Waals surface area (Å²) >= 11 is 0. The number of carboxylic acid groups (broad SMARTS) is 1. The first-order chi connectivity index (χ1) is 12.8. The summed E-state index contributed by atoms with van der Waals surface area (Å²) in [5, 5.41) is 6.89. The van der Waals surface area contributed by atoms with E-state index in [0.717, 1.165) is 0 Å². The van der Waals surface area contributed by atoms with E-state index in [4.69, 9.17) is 14.6 Å². The van der Waals surface area contributed by atoms with Crippen molar-refractivity contribution in [2.24, 2.45) is 5.92 Å². The average Bonchev–Trinajstić information content (AvgIpc) is 3.24. The minimum atomic E-state index is -3.35. The van der Waals surface area contributed by atoms with Crippen molar-refractivity contribution in [3.8, 4) is 11.4 Å². The molecule has 148 valence electrons. The molecule has 3 rings (SSSR count). The molecule has 0 bridgehead atoms. The van der Waals surface area contributed by atoms with Crippen LogP contribution in [0.3, 0.4) is 0 Å². The summed E-state index contributed by atoms with van der Waals surface area (Å²) in [7, 11) is -0.314. The van der Waals surface area contributed by atoms with Gasteiger partial charge >= 0.3 is 0 Å². The van der Waals surface area contributed by atoms with Crippen LogP contribution in [0.4, 0.5) is 4.39 Å². The highest BCUT2D eigenvalue weighted by Gasteiger charge is 2.35. The van der Waals surface area contributed by atoms with Crippen molar-refractivity contribution in [2.75, 3.05) is 33.1 Å². The quantitative estimate of drug-likeness (QED) is 0.764. The van der Waals surface area contributed by atoms with Crippen LogP contribution in [0.25, 0.3) is 11.4 Å². The van der Waals surface area contributed by atoms with Gasteiger partial charge in [-0.15, -0.1) is 0 Å². The first kappa shape index (κ1) is 21.0. The Morgan fingerprint density at radius 2 is 2.04 bits per heavy atom. The molecule has 2 heterocycles. The summed E-state index contributed by atoms with van der Waals surface area (Å²) in [5.41, 5.74) is 0.392. The molecule has 1 aromatic heterocycles. The van der Waals surface area contributed by atoms with Gasteiger partial charge in [-0.05, 0) is 12.1 Å². The van der Waals surface area contributed by atoms with E-state index >= 15 is 0 Å². The first-order valence-electron chi connectivity index (χ1n) is 8.15. The lowest BCUT2D eigenvalue weighted by molar-refractivity contribution is -0.122. The van der Waals surface area contributed by atoms with E-state index < -0.39 is 10.0 Å². The molecule has 2 atom stereocenters. The van der Waals surface area contributed by atoms with Gasteiger partial charge in [0.15, 0.2) is 0 Å². The number of sulfonamides is 1. The second kappa shape index (κ2) is 9.07. The number of hydrogen-bond acceptors (Lipinski definition) is 5. The minimum Gasteiger partial charge on any atom is -0.483 e. The molecule has 0 spiro atoms. The van der Waals surface area contributed by atoms with Crippen molar-refractivity contribution in [1.29, 1.82) is 0 Å². The Bertz CT molecular complexity index is 869. The van der Waals surface area contributed by atoms with Gasteiger partial charge in [-0.25, -0.2) is 22.1 Å². The van der Waals surface area contributed by atoms with E-state index in [1.54, 1.807) is 30.6 Å². The Kier molecular flexibility index (Phi) is 7.05. The Balaban J connectivity index is 0.000000817. The van der Waals surface area contributed by atoms with E-state index in [9.17, 15) is 12.8 Å². The maximum Gasteiger partial charge on any atom is 0.290 e. The largest absolute Gasteiger partial charge is 0.483 e. The molecule has 1 fully saturated rings. The lowest BCUT2D eigenvalue weighted by Gasteiger charge is -2.22. The molecule has 0 saturated carbocycles. The third kappa shape index (κ3) is 4.90. The molecule has 2 aromatic rings. The Morgan fingerprint density at radius 3 is 2.67 bits per heavy atom. The van der Waals surface area contributed by atoms with Crippen molar-refractivity contribution in [3.05, 3.63) is 42.5 Å². The molecule has 1 aromatic carbocycles. The number of rotatable bonds is 5. The summed E-state index contributed by atoms with van der Waals surface area (Å²) in [6.07, 6.45) is 3.34. The number of hydrogen-bond donors (Lipinski definition) is 1. The summed E-state index contributed by atoms with van der Waals surface area (Å²) in [6, 6.07) is 6.22. The number of carbonyl (C=O) groups is 1. The van der Waals surface area contributed by atoms with Crippen LogP contribution >= 0.6 is 0 Å². The summed E-state index contributed by atoms with van der Waals surface area (Å²) < 4.78 is 47.1. The van der Waals surface area contributed by atoms with Gasteiger partial charge in [-0.1, -0.05) is 12.1 Å². The van der Waals surface area contributed by atoms with Crippen LogP contribution in [0.2, 0.25) is 0 Å². The van der Waals surface area contributed by atoms with Crippen molar-refractivity contribution in [3.63, 3.8) is 0 Å². The molecule has 27 heavy (non-hydrogen) atoms. The second-order valence-corrected chi connectivity index (χ2v) is 8.40. The molecular formula is C17H22FN3O5S. The number of halogens is 1. The molecule has 10 heteroatoms. The topological polar surface area (TPSA) is 102 Å². The fourth-order valence-electron chi connectivity index (χ4n) is 2.91. The Labute approximate surface area is 157 Å². The van der Waals surface area contributed by atoms with Gasteiger partial charge in [0.2, 0.25) is 10.0 Å². The average molecular weight is 399 g/mol. The van der Waals surface area contributed by atoms with Crippen LogP contribution in [0.1, 0.15) is 6.04 Å². The number of imidazole rings is 1. The zero-order chi connectivity index (χ0) is 20.0. The highest BCUT2D eigenvalue weighted by atomic mass is 32.2. The van der Waals surface area contributed by atoms with Gasteiger partial charge in [0.1, 0.15) is 11.6 Å². The zero-order valence-electron chi connectivity index (χ0n) is 15.0. The molecule has 0 radical (unpaired) electrons. The lowest BCUT2D eigenvalue weighted by atomic mass is 10.1. The Morgan fingerprint density at radius 1 is 1.37 bits per heavy atom. The molecule has 0 unspecified atom stereocenters. The van der Waals surface area contributed by atoms with Gasteiger partial charge in [0.05, 0.1) is 30.6 Å². The molecule has 1 aliphatic heterocycles. The summed E-state index contributed by atoms with van der Waals surface area (Å²) in [6.45, 7) is 0.484. The smallest absolute Gasteiger partial charge is 0.290 e. The van der Waals surface area contributed by atoms with Gasteiger partial charge in [-0.2, -0.15) is 0 Å². The molecule has 8 nitrogen and oxygen atoms in total. The maximum absolute atomic E-state index is 14.1. The predicted octanol–water partition coefficient (Wildman–Crippen LogP) is 1.47. The highest BCUT2D eigenvalue weighted by Crippen LogP contribution is 2.32. The second-order valence-electron chi connectivity index (χ2n) is 6.17. The third-order valence-electron chi connectivity index (χ3n) is 4.29. The van der Waals surface area contributed by atoms with E-state index in [-0.39, 0.29) is 30.0 Å². The van der Waals surface area contributed by atoms with E-state index in [1.807, 2.05) is 4.57 Å². The van der Waals surface area contributed by atoms with Crippen LogP contribution in [0, 0.1) is 11.7 Å². The van der Waals surface area contributed by atoms with Crippen molar-refractivity contribution in [1.82, 2.24) is 13.9 Å². The van der Waals surface area contributed by atoms with Crippen molar-refractivity contribution in [2.45, 2.75) is 6.04 Å². The maximum atomic E-state index is 14.1. The van der Waals surface area contributed by atoms with Crippen LogP contribution in [0.5, 0.6) is 0 Å². The molecular weight excluding hydrogens is 377 g/mol. The number of ether oxygens (including phenoxy) is 1. The first-order valence-corrected chi connectivity index (χ1v) is 9.76. The normalized spacial score (nSPS) is 19.6. The van der Waals surface area contributed by atoms with E-state index in [2.05, 4.69) is 4.98 Å².